The highest BCUT2D eigenvalue weighted by Crippen LogP contribution is 2.40. The number of aryl methyl sites for hydroxylation is 2. The summed E-state index contributed by atoms with van der Waals surface area (Å²) in [6.07, 6.45) is 4.86. The van der Waals surface area contributed by atoms with Crippen LogP contribution in [0, 0.1) is 0 Å². The largest absolute Gasteiger partial charge is 0.506 e. The predicted octanol–water partition coefficient (Wildman–Crippen LogP) is 3.43. The van der Waals surface area contributed by atoms with Crippen LogP contribution in [-0.2, 0) is 24.1 Å². The van der Waals surface area contributed by atoms with Crippen molar-refractivity contribution in [3.63, 3.8) is 0 Å². The number of rotatable bonds is 4. The molecule has 0 unspecified atom stereocenters. The highest BCUT2D eigenvalue weighted by atomic mass is 32.1. The van der Waals surface area contributed by atoms with Crippen molar-refractivity contribution in [1.82, 2.24) is 14.9 Å². The Morgan fingerprint density at radius 2 is 1.67 bits per heavy atom. The zero-order valence-electron chi connectivity index (χ0n) is 19.0. The highest BCUT2D eigenvalue weighted by Gasteiger charge is 2.27. The Hall–Kier alpha value is -2.42. The van der Waals surface area contributed by atoms with Gasteiger partial charge < -0.3 is 19.6 Å². The van der Waals surface area contributed by atoms with Crippen LogP contribution >= 0.6 is 11.3 Å². The lowest BCUT2D eigenvalue weighted by Gasteiger charge is -2.37. The van der Waals surface area contributed by atoms with Gasteiger partial charge in [-0.1, -0.05) is 12.1 Å². The summed E-state index contributed by atoms with van der Waals surface area (Å²) in [4.78, 5) is 20.1. The second-order valence-corrected chi connectivity index (χ2v) is 10.3. The third kappa shape index (κ3) is 4.16. The Morgan fingerprint density at radius 3 is 2.48 bits per heavy atom. The molecule has 2 aromatic heterocycles. The Bertz CT molecular complexity index is 1140. The van der Waals surface area contributed by atoms with Crippen molar-refractivity contribution in [3.8, 4) is 5.75 Å². The van der Waals surface area contributed by atoms with Crippen LogP contribution in [0.25, 0.3) is 10.2 Å². The van der Waals surface area contributed by atoms with E-state index in [1.54, 1.807) is 6.07 Å². The van der Waals surface area contributed by atoms with E-state index in [0.717, 1.165) is 82.8 Å². The average molecular weight is 466 g/mol. The minimum Gasteiger partial charge on any atom is -0.506 e. The molecular formula is C25H31N5O2S. The van der Waals surface area contributed by atoms with Gasteiger partial charge in [0.1, 0.15) is 22.2 Å². The number of morpholine rings is 1. The normalized spacial score (nSPS) is 19.8. The number of hydrogen-bond acceptors (Lipinski definition) is 8. The van der Waals surface area contributed by atoms with E-state index in [1.807, 2.05) is 29.5 Å². The van der Waals surface area contributed by atoms with Crippen molar-refractivity contribution in [3.05, 3.63) is 40.5 Å². The number of ether oxygens (including phenoxy) is 1. The van der Waals surface area contributed by atoms with E-state index in [1.165, 1.54) is 39.9 Å². The molecule has 174 valence electrons. The molecule has 4 heterocycles. The van der Waals surface area contributed by atoms with Crippen molar-refractivity contribution < 1.29 is 9.84 Å². The first-order chi connectivity index (χ1) is 16.3. The van der Waals surface area contributed by atoms with Gasteiger partial charge in [0.2, 0.25) is 0 Å². The molecule has 2 aliphatic heterocycles. The fourth-order valence-corrected chi connectivity index (χ4v) is 6.61. The molecule has 0 atom stereocenters. The predicted molar refractivity (Wildman–Crippen MR) is 133 cm³/mol. The fraction of sp³-hybridized carbons (Fsp3) is 0.520. The molecule has 0 spiro atoms. The molecule has 0 radical (unpaired) electrons. The van der Waals surface area contributed by atoms with Crippen molar-refractivity contribution in [1.29, 1.82) is 0 Å². The summed E-state index contributed by atoms with van der Waals surface area (Å²) in [5.74, 6) is 2.41. The highest BCUT2D eigenvalue weighted by molar-refractivity contribution is 7.19. The van der Waals surface area contributed by atoms with Gasteiger partial charge in [0, 0.05) is 44.1 Å². The van der Waals surface area contributed by atoms with E-state index >= 15 is 0 Å². The van der Waals surface area contributed by atoms with Crippen LogP contribution in [0.15, 0.2) is 24.3 Å². The van der Waals surface area contributed by atoms with Crippen LogP contribution in [-0.4, -0.2) is 72.5 Å². The first kappa shape index (κ1) is 21.1. The third-order valence-corrected chi connectivity index (χ3v) is 8.30. The number of phenols is 1. The van der Waals surface area contributed by atoms with E-state index in [0.29, 0.717) is 5.75 Å². The van der Waals surface area contributed by atoms with Crippen LogP contribution < -0.4 is 9.80 Å². The number of thiophene rings is 1. The summed E-state index contributed by atoms with van der Waals surface area (Å²) < 4.78 is 5.53. The number of benzene rings is 1. The summed E-state index contributed by atoms with van der Waals surface area (Å²) in [5.41, 5.74) is 2.42. The van der Waals surface area contributed by atoms with Gasteiger partial charge in [0.05, 0.1) is 30.8 Å². The number of aromatic nitrogens is 2. The van der Waals surface area contributed by atoms with Gasteiger partial charge in [-0.3, -0.25) is 4.90 Å². The third-order valence-electron chi connectivity index (χ3n) is 7.11. The van der Waals surface area contributed by atoms with Gasteiger partial charge in [-0.05, 0) is 43.4 Å². The summed E-state index contributed by atoms with van der Waals surface area (Å²) in [5, 5.41) is 11.6. The van der Waals surface area contributed by atoms with Gasteiger partial charge in [-0.25, -0.2) is 9.97 Å². The molecule has 0 saturated carbocycles. The smallest absolute Gasteiger partial charge is 0.146 e. The molecule has 33 heavy (non-hydrogen) atoms. The maximum atomic E-state index is 10.3. The molecule has 2 saturated heterocycles. The standard InChI is InChI=1S/C25H31N5O2S/c31-20-7-3-2-6-19(20)29-9-11-30(12-10-29)24-23-18-5-1-4-8-21(18)33-25(23)27-22(26-24)17-28-13-15-32-16-14-28/h2-3,6-7,31H,1,4-5,8-17H2. The lowest BCUT2D eigenvalue weighted by molar-refractivity contribution is 0.0331. The summed E-state index contributed by atoms with van der Waals surface area (Å²) in [6, 6.07) is 7.64. The molecule has 8 heteroatoms. The molecule has 3 aromatic rings. The van der Waals surface area contributed by atoms with Crippen LogP contribution in [0.5, 0.6) is 5.75 Å². The van der Waals surface area contributed by atoms with Crippen molar-refractivity contribution in [2.45, 2.75) is 32.2 Å². The molecule has 1 N–H and O–H groups in total. The second kappa shape index (κ2) is 9.08. The average Bonchev–Trinajstić information content (AvgIpc) is 3.23. The zero-order chi connectivity index (χ0) is 22.2. The molecular weight excluding hydrogens is 434 g/mol. The van der Waals surface area contributed by atoms with Gasteiger partial charge in [-0.2, -0.15) is 0 Å². The number of aromatic hydroxyl groups is 1. The number of phenolic OH excluding ortho intramolecular Hbond substituents is 1. The van der Waals surface area contributed by atoms with Crippen LogP contribution in [0.2, 0.25) is 0 Å². The SMILES string of the molecule is Oc1ccccc1N1CCN(c2nc(CN3CCOCC3)nc3sc4c(c23)CCCC4)CC1. The topological polar surface area (TPSA) is 65.0 Å². The molecule has 7 nitrogen and oxygen atoms in total. The molecule has 3 aliphatic rings. The fourth-order valence-electron chi connectivity index (χ4n) is 5.33. The van der Waals surface area contributed by atoms with E-state index in [-0.39, 0.29) is 0 Å². The Morgan fingerprint density at radius 1 is 0.909 bits per heavy atom. The number of para-hydroxylation sites is 2. The second-order valence-electron chi connectivity index (χ2n) is 9.21. The number of hydrogen-bond donors (Lipinski definition) is 1. The summed E-state index contributed by atoms with van der Waals surface area (Å²) >= 11 is 1.89. The Labute approximate surface area is 198 Å². The lowest BCUT2D eigenvalue weighted by atomic mass is 9.97. The maximum Gasteiger partial charge on any atom is 0.146 e. The molecule has 6 rings (SSSR count). The van der Waals surface area contributed by atoms with Gasteiger partial charge in [0.15, 0.2) is 0 Å². The monoisotopic (exact) mass is 465 g/mol. The van der Waals surface area contributed by atoms with Crippen molar-refractivity contribution in [2.75, 3.05) is 62.3 Å². The summed E-state index contributed by atoms with van der Waals surface area (Å²) in [6.45, 7) is 7.76. The van der Waals surface area contributed by atoms with Crippen molar-refractivity contribution in [2.24, 2.45) is 0 Å². The molecule has 0 bridgehead atoms. The Kier molecular flexibility index (Phi) is 5.82. The first-order valence-corrected chi connectivity index (χ1v) is 13.0. The van der Waals surface area contributed by atoms with Crippen LogP contribution in [0.1, 0.15) is 29.1 Å². The number of fused-ring (bicyclic) bond motifs is 3. The maximum absolute atomic E-state index is 10.3. The quantitative estimate of drug-likeness (QED) is 0.633. The van der Waals surface area contributed by atoms with E-state index in [2.05, 4.69) is 14.7 Å². The van der Waals surface area contributed by atoms with Gasteiger partial charge in [0.25, 0.3) is 0 Å². The van der Waals surface area contributed by atoms with Gasteiger partial charge >= 0.3 is 0 Å². The molecule has 2 fully saturated rings. The number of nitrogens with zero attached hydrogens (tertiary/aromatic N) is 5. The Balaban J connectivity index is 1.32. The number of piperazine rings is 1. The molecule has 1 aliphatic carbocycles. The van der Waals surface area contributed by atoms with E-state index in [9.17, 15) is 5.11 Å². The molecule has 1 aromatic carbocycles. The van der Waals surface area contributed by atoms with Gasteiger partial charge in [-0.15, -0.1) is 11.3 Å². The molecule has 0 amide bonds. The van der Waals surface area contributed by atoms with Crippen molar-refractivity contribution >= 4 is 33.1 Å². The minimum atomic E-state index is 0.357. The number of anilines is 2. The van der Waals surface area contributed by atoms with Crippen LogP contribution in [0.4, 0.5) is 11.5 Å². The lowest BCUT2D eigenvalue weighted by Crippen LogP contribution is -2.47. The first-order valence-electron chi connectivity index (χ1n) is 12.2. The minimum absolute atomic E-state index is 0.357. The zero-order valence-corrected chi connectivity index (χ0v) is 19.8. The van der Waals surface area contributed by atoms with Crippen LogP contribution in [0.3, 0.4) is 0 Å². The van der Waals surface area contributed by atoms with E-state index < -0.39 is 0 Å². The summed E-state index contributed by atoms with van der Waals surface area (Å²) in [7, 11) is 0. The van der Waals surface area contributed by atoms with E-state index in [4.69, 9.17) is 14.7 Å².